The molecule has 3 rings (SSSR count). The molecular formula is C15H20F3N3OS. The van der Waals surface area contributed by atoms with Crippen molar-refractivity contribution >= 4 is 22.4 Å². The van der Waals surface area contributed by atoms with Crippen LogP contribution in [0.2, 0.25) is 0 Å². The summed E-state index contributed by atoms with van der Waals surface area (Å²) in [5.41, 5.74) is -0.835. The zero-order valence-electron chi connectivity index (χ0n) is 13.0. The van der Waals surface area contributed by atoms with Crippen LogP contribution in [0.5, 0.6) is 0 Å². The Morgan fingerprint density at radius 3 is 2.65 bits per heavy atom. The quantitative estimate of drug-likeness (QED) is 0.841. The van der Waals surface area contributed by atoms with Crippen molar-refractivity contribution in [3.05, 3.63) is 11.1 Å². The van der Waals surface area contributed by atoms with Crippen molar-refractivity contribution in [3.8, 4) is 0 Å². The van der Waals surface area contributed by atoms with E-state index >= 15 is 0 Å². The summed E-state index contributed by atoms with van der Waals surface area (Å²) in [4.78, 5) is 19.7. The number of thiazole rings is 1. The van der Waals surface area contributed by atoms with Gasteiger partial charge in [0.25, 0.3) is 0 Å². The number of halogens is 3. The third kappa shape index (κ3) is 3.46. The number of amides is 1. The first-order chi connectivity index (χ1) is 10.9. The van der Waals surface area contributed by atoms with Gasteiger partial charge in [0.15, 0.2) is 10.8 Å². The number of nitrogens with zero attached hydrogens (tertiary/aromatic N) is 3. The topological polar surface area (TPSA) is 36.4 Å². The Hall–Kier alpha value is -1.31. The van der Waals surface area contributed by atoms with Gasteiger partial charge in [-0.25, -0.2) is 4.98 Å². The molecule has 1 aromatic heterocycles. The number of likely N-dealkylation sites (N-methyl/N-ethyl adjacent to an activating group) is 1. The largest absolute Gasteiger partial charge is 0.434 e. The van der Waals surface area contributed by atoms with E-state index in [9.17, 15) is 18.0 Å². The maximum atomic E-state index is 12.7. The Morgan fingerprint density at radius 1 is 1.35 bits per heavy atom. The molecule has 0 spiro atoms. The van der Waals surface area contributed by atoms with Gasteiger partial charge in [-0.3, -0.25) is 4.79 Å². The van der Waals surface area contributed by atoms with E-state index < -0.39 is 11.9 Å². The van der Waals surface area contributed by atoms with Crippen LogP contribution < -0.4 is 4.90 Å². The molecule has 1 unspecified atom stereocenters. The molecule has 0 bridgehead atoms. The average Bonchev–Trinajstić information content (AvgIpc) is 2.94. The molecule has 1 atom stereocenters. The van der Waals surface area contributed by atoms with Gasteiger partial charge < -0.3 is 9.80 Å². The van der Waals surface area contributed by atoms with Crippen LogP contribution in [0.3, 0.4) is 0 Å². The Labute approximate surface area is 137 Å². The van der Waals surface area contributed by atoms with Crippen LogP contribution in [-0.4, -0.2) is 42.0 Å². The highest BCUT2D eigenvalue weighted by Crippen LogP contribution is 2.34. The molecular weight excluding hydrogens is 327 g/mol. The first kappa shape index (κ1) is 16.5. The van der Waals surface area contributed by atoms with E-state index in [-0.39, 0.29) is 17.9 Å². The lowest BCUT2D eigenvalue weighted by Crippen LogP contribution is -2.50. The maximum absolute atomic E-state index is 12.7. The first-order valence-electron chi connectivity index (χ1n) is 7.90. The van der Waals surface area contributed by atoms with E-state index in [1.165, 1.54) is 0 Å². The van der Waals surface area contributed by atoms with Crippen molar-refractivity contribution in [1.82, 2.24) is 9.88 Å². The molecule has 0 aromatic carbocycles. The summed E-state index contributed by atoms with van der Waals surface area (Å²) >= 11 is 1.02. The Morgan fingerprint density at radius 2 is 2.09 bits per heavy atom. The van der Waals surface area contributed by atoms with Crippen LogP contribution in [0.1, 0.15) is 37.8 Å². The second-order valence-corrected chi connectivity index (χ2v) is 7.17. The molecule has 1 aromatic rings. The van der Waals surface area contributed by atoms with Gasteiger partial charge in [-0.1, -0.05) is 6.42 Å². The number of rotatable bonds is 3. The van der Waals surface area contributed by atoms with Crippen LogP contribution in [0.4, 0.5) is 18.3 Å². The summed E-state index contributed by atoms with van der Waals surface area (Å²) < 4.78 is 38.1. The van der Waals surface area contributed by atoms with Crippen molar-refractivity contribution < 1.29 is 18.0 Å². The van der Waals surface area contributed by atoms with Crippen molar-refractivity contribution in [2.24, 2.45) is 5.92 Å². The van der Waals surface area contributed by atoms with Gasteiger partial charge in [0.1, 0.15) is 0 Å². The fourth-order valence-corrected chi connectivity index (χ4v) is 3.98. The monoisotopic (exact) mass is 347 g/mol. The molecule has 2 heterocycles. The summed E-state index contributed by atoms with van der Waals surface area (Å²) in [6.07, 6.45) is 0.375. The number of aromatic nitrogens is 1. The summed E-state index contributed by atoms with van der Waals surface area (Å²) in [5, 5.41) is 1.45. The predicted molar refractivity (Wildman–Crippen MR) is 82.5 cm³/mol. The zero-order chi connectivity index (χ0) is 16.6. The van der Waals surface area contributed by atoms with Crippen LogP contribution in [-0.2, 0) is 11.0 Å². The van der Waals surface area contributed by atoms with Crippen LogP contribution in [0.25, 0.3) is 0 Å². The smallest absolute Gasteiger partial charge is 0.346 e. The lowest BCUT2D eigenvalue weighted by molar-refractivity contribution is -0.140. The predicted octanol–water partition coefficient (Wildman–Crippen LogP) is 3.39. The van der Waals surface area contributed by atoms with E-state index in [2.05, 4.69) is 4.98 Å². The van der Waals surface area contributed by atoms with Crippen molar-refractivity contribution in [2.45, 2.75) is 44.3 Å². The molecule has 2 fully saturated rings. The van der Waals surface area contributed by atoms with E-state index in [4.69, 9.17) is 0 Å². The van der Waals surface area contributed by atoms with Gasteiger partial charge in [-0.15, -0.1) is 11.3 Å². The van der Waals surface area contributed by atoms with Gasteiger partial charge in [0, 0.05) is 37.5 Å². The second-order valence-electron chi connectivity index (χ2n) is 6.33. The Balaban J connectivity index is 1.65. The van der Waals surface area contributed by atoms with Gasteiger partial charge >= 0.3 is 6.18 Å². The maximum Gasteiger partial charge on any atom is 0.434 e. The normalized spacial score (nSPS) is 22.8. The molecule has 1 saturated carbocycles. The molecule has 2 aliphatic rings. The molecule has 1 amide bonds. The van der Waals surface area contributed by atoms with Crippen LogP contribution >= 0.6 is 11.3 Å². The van der Waals surface area contributed by atoms with E-state index in [0.717, 1.165) is 48.8 Å². The molecule has 1 aliphatic carbocycles. The van der Waals surface area contributed by atoms with Crippen LogP contribution in [0.15, 0.2) is 5.38 Å². The van der Waals surface area contributed by atoms with E-state index in [0.29, 0.717) is 18.2 Å². The summed E-state index contributed by atoms with van der Waals surface area (Å²) in [6.45, 7) is 1.24. The summed E-state index contributed by atoms with van der Waals surface area (Å²) in [6, 6.07) is 0.0510. The number of carbonyl (C=O) groups is 1. The molecule has 0 radical (unpaired) electrons. The minimum Gasteiger partial charge on any atom is -0.346 e. The Kier molecular flexibility index (Phi) is 4.53. The SMILES string of the molecule is CN(C(=O)C1CCC1)C1CCCN(c2nc(C(F)(F)F)cs2)C1. The fourth-order valence-electron chi connectivity index (χ4n) is 3.11. The lowest BCUT2D eigenvalue weighted by Gasteiger charge is -2.40. The van der Waals surface area contributed by atoms with Crippen molar-refractivity contribution in [1.29, 1.82) is 0 Å². The number of piperidine rings is 1. The molecule has 128 valence electrons. The molecule has 1 saturated heterocycles. The van der Waals surface area contributed by atoms with E-state index in [1.54, 1.807) is 4.90 Å². The number of carbonyl (C=O) groups excluding carboxylic acids is 1. The van der Waals surface area contributed by atoms with E-state index in [1.807, 2.05) is 11.9 Å². The second kappa shape index (κ2) is 6.30. The first-order valence-corrected chi connectivity index (χ1v) is 8.78. The van der Waals surface area contributed by atoms with Crippen LogP contribution in [0, 0.1) is 5.92 Å². The highest BCUT2D eigenvalue weighted by atomic mass is 32.1. The van der Waals surface area contributed by atoms with Crippen molar-refractivity contribution in [3.63, 3.8) is 0 Å². The lowest BCUT2D eigenvalue weighted by atomic mass is 9.84. The number of hydrogen-bond donors (Lipinski definition) is 0. The number of alkyl halides is 3. The molecule has 1 aliphatic heterocycles. The van der Waals surface area contributed by atoms with Gasteiger partial charge in [0.2, 0.25) is 5.91 Å². The molecule has 4 nitrogen and oxygen atoms in total. The van der Waals surface area contributed by atoms with Gasteiger partial charge in [-0.2, -0.15) is 13.2 Å². The molecule has 8 heteroatoms. The average molecular weight is 347 g/mol. The molecule has 23 heavy (non-hydrogen) atoms. The van der Waals surface area contributed by atoms with Crippen molar-refractivity contribution in [2.75, 3.05) is 25.0 Å². The fraction of sp³-hybridized carbons (Fsp3) is 0.733. The summed E-state index contributed by atoms with van der Waals surface area (Å²) in [7, 11) is 1.82. The highest BCUT2D eigenvalue weighted by Gasteiger charge is 2.36. The highest BCUT2D eigenvalue weighted by molar-refractivity contribution is 7.13. The minimum atomic E-state index is -4.40. The third-order valence-electron chi connectivity index (χ3n) is 4.80. The van der Waals surface area contributed by atoms with Gasteiger partial charge in [-0.05, 0) is 25.7 Å². The zero-order valence-corrected chi connectivity index (χ0v) is 13.8. The Bertz CT molecular complexity index is 571. The number of anilines is 1. The standard InChI is InChI=1S/C15H20F3N3OS/c1-20(13(22)10-4-2-5-10)11-6-3-7-21(8-11)14-19-12(9-23-14)15(16,17)18/h9-11H,2-8H2,1H3. The third-order valence-corrected chi connectivity index (χ3v) is 5.70. The minimum absolute atomic E-state index is 0.0510. The van der Waals surface area contributed by atoms with Gasteiger partial charge in [0.05, 0.1) is 0 Å². The summed E-state index contributed by atoms with van der Waals surface area (Å²) in [5.74, 6) is 0.324. The molecule has 0 N–H and O–H groups in total. The number of hydrogen-bond acceptors (Lipinski definition) is 4.